The van der Waals surface area contributed by atoms with Crippen molar-refractivity contribution in [3.63, 3.8) is 0 Å². The topological polar surface area (TPSA) is 65.0 Å². The van der Waals surface area contributed by atoms with E-state index in [0.717, 1.165) is 49.8 Å². The molecule has 0 spiro atoms. The first-order valence-electron chi connectivity index (χ1n) is 16.7. The van der Waals surface area contributed by atoms with Crippen LogP contribution in [0.1, 0.15) is 142 Å². The van der Waals surface area contributed by atoms with Crippen LogP contribution < -0.4 is 0 Å². The number of allylic oxidation sites excluding steroid dienone is 2. The molecular weight excluding hydrogens is 509 g/mol. The average molecular weight is 573 g/mol. The lowest BCUT2D eigenvalue weighted by molar-refractivity contribution is -0.914. The molecule has 7 heteroatoms. The number of hydrogen-bond acceptors (Lipinski definition) is 4. The Morgan fingerprint density at radius 3 is 1.92 bits per heavy atom. The van der Waals surface area contributed by atoms with Gasteiger partial charge in [0.1, 0.15) is 13.2 Å². The molecule has 0 radical (unpaired) electrons. The fraction of sp³-hybridized carbons (Fsp3) is 0.938. The molecule has 1 heterocycles. The summed E-state index contributed by atoms with van der Waals surface area (Å²) in [7, 11) is -1.80. The highest BCUT2D eigenvalue weighted by Crippen LogP contribution is 2.43. The number of ether oxygens (including phenoxy) is 1. The van der Waals surface area contributed by atoms with Gasteiger partial charge in [0.05, 0.1) is 39.5 Å². The molecule has 39 heavy (non-hydrogen) atoms. The van der Waals surface area contributed by atoms with Crippen LogP contribution in [0.5, 0.6) is 0 Å². The number of likely N-dealkylation sites (tertiary alicyclic amines) is 1. The predicted molar refractivity (Wildman–Crippen MR) is 163 cm³/mol. The Hall–Kier alpha value is -0.230. The Labute approximate surface area is 241 Å². The Balaban J connectivity index is 1.38. The first kappa shape index (κ1) is 35.0. The highest BCUT2D eigenvalue weighted by atomic mass is 31.2. The van der Waals surface area contributed by atoms with Gasteiger partial charge in [-0.05, 0) is 57.8 Å². The molecular formula is C32H63NO5P+. The van der Waals surface area contributed by atoms with Crippen molar-refractivity contribution >= 4 is 7.82 Å². The fourth-order valence-electron chi connectivity index (χ4n) is 6.08. The number of nitrogens with zero attached hydrogens (tertiary/aromatic N) is 1. The third kappa shape index (κ3) is 18.0. The molecule has 0 aromatic carbocycles. The number of rotatable bonds is 23. The molecule has 2 rings (SSSR count). The third-order valence-corrected chi connectivity index (χ3v) is 9.81. The van der Waals surface area contributed by atoms with Crippen molar-refractivity contribution in [3.05, 3.63) is 11.6 Å². The van der Waals surface area contributed by atoms with Gasteiger partial charge in [-0.25, -0.2) is 4.57 Å². The molecule has 6 nitrogen and oxygen atoms in total. The van der Waals surface area contributed by atoms with Crippen LogP contribution >= 0.6 is 7.82 Å². The Kier molecular flexibility index (Phi) is 19.3. The van der Waals surface area contributed by atoms with Gasteiger partial charge in [0, 0.05) is 0 Å². The minimum atomic E-state index is -4.00. The van der Waals surface area contributed by atoms with Crippen molar-refractivity contribution < 1.29 is 27.7 Å². The van der Waals surface area contributed by atoms with Gasteiger partial charge < -0.3 is 14.1 Å². The maximum absolute atomic E-state index is 12.2. The van der Waals surface area contributed by atoms with Crippen molar-refractivity contribution in [2.24, 2.45) is 0 Å². The lowest BCUT2D eigenvalue weighted by atomic mass is 9.91. The molecule has 1 saturated carbocycles. The Morgan fingerprint density at radius 2 is 1.33 bits per heavy atom. The number of phosphoric acid groups is 1. The van der Waals surface area contributed by atoms with Crippen LogP contribution in [0.4, 0.5) is 0 Å². The summed E-state index contributed by atoms with van der Waals surface area (Å²) >= 11 is 0. The van der Waals surface area contributed by atoms with Gasteiger partial charge in [0.15, 0.2) is 0 Å². The van der Waals surface area contributed by atoms with E-state index in [9.17, 15) is 9.46 Å². The van der Waals surface area contributed by atoms with E-state index in [1.807, 2.05) is 0 Å². The van der Waals surface area contributed by atoms with Crippen molar-refractivity contribution in [3.8, 4) is 0 Å². The quantitative estimate of drug-likeness (QED) is 0.0572. The maximum atomic E-state index is 12.2. The zero-order chi connectivity index (χ0) is 28.1. The van der Waals surface area contributed by atoms with E-state index in [1.54, 1.807) is 5.57 Å². The van der Waals surface area contributed by atoms with Crippen LogP contribution in [-0.4, -0.2) is 62.0 Å². The Bertz CT molecular complexity index is 669. The van der Waals surface area contributed by atoms with E-state index in [0.29, 0.717) is 6.61 Å². The SMILES string of the molecule is CCCCCCCCCCCCCCCC=C1CCC(OCCOP(=O)(O)OCC[N+]2(C)CCCCC2)CC1. The van der Waals surface area contributed by atoms with Gasteiger partial charge in [0.2, 0.25) is 0 Å². The normalized spacial score (nSPS) is 21.1. The first-order valence-corrected chi connectivity index (χ1v) is 18.2. The minimum absolute atomic E-state index is 0.0954. The van der Waals surface area contributed by atoms with Gasteiger partial charge in [-0.3, -0.25) is 9.05 Å². The van der Waals surface area contributed by atoms with E-state index in [4.69, 9.17) is 13.8 Å². The van der Waals surface area contributed by atoms with Crippen LogP contribution in [0, 0.1) is 0 Å². The van der Waals surface area contributed by atoms with Crippen LogP contribution in [0.25, 0.3) is 0 Å². The fourth-order valence-corrected chi connectivity index (χ4v) is 6.77. The number of phosphoric ester groups is 1. The average Bonchev–Trinajstić information content (AvgIpc) is 2.92. The van der Waals surface area contributed by atoms with Gasteiger partial charge in [0.25, 0.3) is 0 Å². The molecule has 1 N–H and O–H groups in total. The van der Waals surface area contributed by atoms with Gasteiger partial charge in [-0.15, -0.1) is 0 Å². The standard InChI is InChI=1S/C32H62NO5P/c1-3-4-5-6-7-8-9-10-11-12-13-14-15-17-20-31-21-23-32(24-22-31)36-29-30-38-39(34,35)37-28-27-33(2)25-18-16-19-26-33/h20,32H,3-19,21-30H2,1-2H3/p+1. The molecule has 0 amide bonds. The molecule has 1 saturated heterocycles. The summed E-state index contributed by atoms with van der Waals surface area (Å²) in [6, 6.07) is 0. The number of piperidine rings is 1. The molecule has 1 atom stereocenters. The second-order valence-corrected chi connectivity index (χ2v) is 13.9. The summed E-state index contributed by atoms with van der Waals surface area (Å²) in [4.78, 5) is 9.97. The Morgan fingerprint density at radius 1 is 0.795 bits per heavy atom. The van der Waals surface area contributed by atoms with Crippen molar-refractivity contribution in [1.29, 1.82) is 0 Å². The summed E-state index contributed by atoms with van der Waals surface area (Å²) in [5.41, 5.74) is 1.59. The predicted octanol–water partition coefficient (Wildman–Crippen LogP) is 9.12. The monoisotopic (exact) mass is 572 g/mol. The van der Waals surface area contributed by atoms with Gasteiger partial charge >= 0.3 is 7.82 Å². The largest absolute Gasteiger partial charge is 0.472 e. The van der Waals surface area contributed by atoms with Gasteiger partial charge in [-0.1, -0.05) is 95.6 Å². The lowest BCUT2D eigenvalue weighted by Gasteiger charge is -2.37. The highest BCUT2D eigenvalue weighted by molar-refractivity contribution is 7.47. The molecule has 230 valence electrons. The van der Waals surface area contributed by atoms with Crippen LogP contribution in [-0.2, 0) is 18.3 Å². The lowest BCUT2D eigenvalue weighted by Crippen LogP contribution is -2.49. The number of quaternary nitrogens is 1. The van der Waals surface area contributed by atoms with E-state index in [2.05, 4.69) is 20.0 Å². The zero-order valence-corrected chi connectivity index (χ0v) is 26.6. The summed E-state index contributed by atoms with van der Waals surface area (Å²) in [6.45, 7) is 5.96. The van der Waals surface area contributed by atoms with Crippen LogP contribution in [0.3, 0.4) is 0 Å². The minimum Gasteiger partial charge on any atom is -0.376 e. The third-order valence-electron chi connectivity index (χ3n) is 8.79. The van der Waals surface area contributed by atoms with Crippen molar-refractivity contribution in [1.82, 2.24) is 0 Å². The van der Waals surface area contributed by atoms with Crippen LogP contribution in [0.2, 0.25) is 0 Å². The number of unbranched alkanes of at least 4 members (excludes halogenated alkanes) is 13. The molecule has 1 unspecified atom stereocenters. The molecule has 0 aromatic rings. The molecule has 1 aliphatic heterocycles. The summed E-state index contributed by atoms with van der Waals surface area (Å²) < 4.78 is 29.4. The second-order valence-electron chi connectivity index (χ2n) is 12.4. The molecule has 2 aliphatic rings. The van der Waals surface area contributed by atoms with Crippen molar-refractivity contribution in [2.75, 3.05) is 46.5 Å². The zero-order valence-electron chi connectivity index (χ0n) is 25.7. The summed E-state index contributed by atoms with van der Waals surface area (Å²) in [5, 5.41) is 0. The summed E-state index contributed by atoms with van der Waals surface area (Å²) in [6.07, 6.45) is 30.2. The van der Waals surface area contributed by atoms with Crippen molar-refractivity contribution in [2.45, 2.75) is 148 Å². The highest BCUT2D eigenvalue weighted by Gasteiger charge is 2.27. The van der Waals surface area contributed by atoms with Gasteiger partial charge in [-0.2, -0.15) is 0 Å². The van der Waals surface area contributed by atoms with E-state index >= 15 is 0 Å². The van der Waals surface area contributed by atoms with E-state index in [1.165, 1.54) is 109 Å². The molecule has 1 aliphatic carbocycles. The van der Waals surface area contributed by atoms with E-state index in [-0.39, 0.29) is 19.3 Å². The smallest absolute Gasteiger partial charge is 0.376 e. The van der Waals surface area contributed by atoms with E-state index < -0.39 is 7.82 Å². The van der Waals surface area contributed by atoms with Crippen LogP contribution in [0.15, 0.2) is 11.6 Å². The molecule has 2 fully saturated rings. The number of hydrogen-bond donors (Lipinski definition) is 1. The number of likely N-dealkylation sites (N-methyl/N-ethyl adjacent to an activating group) is 1. The molecule has 0 bridgehead atoms. The maximum Gasteiger partial charge on any atom is 0.472 e. The first-order chi connectivity index (χ1) is 18.9. The molecule has 0 aromatic heterocycles. The summed E-state index contributed by atoms with van der Waals surface area (Å²) in [5.74, 6) is 0. The second kappa shape index (κ2) is 21.5.